The second-order valence-corrected chi connectivity index (χ2v) is 8.54. The van der Waals surface area contributed by atoms with Gasteiger partial charge in [-0.05, 0) is 49.6 Å². The molecule has 7 heteroatoms. The van der Waals surface area contributed by atoms with E-state index in [1.54, 1.807) is 6.92 Å². The number of halogens is 1. The van der Waals surface area contributed by atoms with E-state index in [4.69, 9.17) is 16.3 Å². The van der Waals surface area contributed by atoms with Gasteiger partial charge in [-0.2, -0.15) is 4.31 Å². The van der Waals surface area contributed by atoms with Gasteiger partial charge in [0.05, 0.1) is 4.90 Å². The SMILES string of the molecule is C[C@@H](OC(=O)[C@@H]1CCCN1S(=O)(=O)c1ccc(Cl)cc1)c1ccccc1. The summed E-state index contributed by atoms with van der Waals surface area (Å²) in [7, 11) is -3.78. The predicted molar refractivity (Wildman–Crippen MR) is 99.3 cm³/mol. The second-order valence-electron chi connectivity index (χ2n) is 6.22. The van der Waals surface area contributed by atoms with Crippen LogP contribution in [0, 0.1) is 0 Å². The molecular weight excluding hydrogens is 374 g/mol. The summed E-state index contributed by atoms with van der Waals surface area (Å²) in [6.07, 6.45) is 0.629. The van der Waals surface area contributed by atoms with Gasteiger partial charge in [0.1, 0.15) is 12.1 Å². The Morgan fingerprint density at radius 3 is 2.46 bits per heavy atom. The Kier molecular flexibility index (Phi) is 5.65. The number of nitrogens with zero attached hydrogens (tertiary/aromatic N) is 1. The maximum absolute atomic E-state index is 12.9. The van der Waals surface area contributed by atoms with Crippen LogP contribution < -0.4 is 0 Å². The Labute approximate surface area is 158 Å². The van der Waals surface area contributed by atoms with Gasteiger partial charge in [-0.1, -0.05) is 41.9 Å². The zero-order chi connectivity index (χ0) is 18.7. The molecule has 26 heavy (non-hydrogen) atoms. The number of carbonyl (C=O) groups is 1. The van der Waals surface area contributed by atoms with Crippen LogP contribution >= 0.6 is 11.6 Å². The maximum Gasteiger partial charge on any atom is 0.325 e. The molecule has 1 aliphatic heterocycles. The van der Waals surface area contributed by atoms with Crippen molar-refractivity contribution in [2.24, 2.45) is 0 Å². The number of ether oxygens (including phenoxy) is 1. The molecule has 0 aliphatic carbocycles. The minimum atomic E-state index is -3.78. The van der Waals surface area contributed by atoms with Crippen LogP contribution in [0.2, 0.25) is 5.02 Å². The number of sulfonamides is 1. The van der Waals surface area contributed by atoms with Gasteiger partial charge in [0, 0.05) is 11.6 Å². The van der Waals surface area contributed by atoms with Gasteiger partial charge in [-0.25, -0.2) is 8.42 Å². The molecule has 5 nitrogen and oxygen atoms in total. The summed E-state index contributed by atoms with van der Waals surface area (Å²) in [5, 5.41) is 0.456. The summed E-state index contributed by atoms with van der Waals surface area (Å²) in [5.41, 5.74) is 0.867. The molecule has 1 saturated heterocycles. The first-order valence-electron chi connectivity index (χ1n) is 8.42. The standard InChI is InChI=1S/C19H20ClNO4S/c1-14(15-6-3-2-4-7-15)25-19(22)18-8-5-13-21(18)26(23,24)17-11-9-16(20)10-12-17/h2-4,6-7,9-12,14,18H,5,8,13H2,1H3/t14-,18+/m1/s1. The van der Waals surface area contributed by atoms with Crippen LogP contribution in [0.1, 0.15) is 31.4 Å². The van der Waals surface area contributed by atoms with E-state index < -0.39 is 28.1 Å². The van der Waals surface area contributed by atoms with E-state index in [2.05, 4.69) is 0 Å². The summed E-state index contributed by atoms with van der Waals surface area (Å²) in [4.78, 5) is 12.7. The molecule has 0 amide bonds. The van der Waals surface area contributed by atoms with Crippen molar-refractivity contribution in [3.63, 3.8) is 0 Å². The molecular formula is C19H20ClNO4S. The van der Waals surface area contributed by atoms with Gasteiger partial charge in [-0.15, -0.1) is 0 Å². The molecule has 0 aromatic heterocycles. The first-order valence-corrected chi connectivity index (χ1v) is 10.2. The highest BCUT2D eigenvalue weighted by atomic mass is 35.5. The topological polar surface area (TPSA) is 63.7 Å². The fourth-order valence-corrected chi connectivity index (χ4v) is 4.82. The van der Waals surface area contributed by atoms with Crippen molar-refractivity contribution < 1.29 is 17.9 Å². The number of benzene rings is 2. The molecule has 0 radical (unpaired) electrons. The van der Waals surface area contributed by atoms with E-state index in [1.165, 1.54) is 28.6 Å². The van der Waals surface area contributed by atoms with Crippen molar-refractivity contribution in [1.29, 1.82) is 0 Å². The molecule has 2 aromatic rings. The molecule has 0 bridgehead atoms. The fourth-order valence-electron chi connectivity index (χ4n) is 3.05. The lowest BCUT2D eigenvalue weighted by Crippen LogP contribution is -2.41. The van der Waals surface area contributed by atoms with Gasteiger partial charge in [0.15, 0.2) is 0 Å². The van der Waals surface area contributed by atoms with Gasteiger partial charge in [0.25, 0.3) is 0 Å². The molecule has 138 valence electrons. The number of rotatable bonds is 5. The van der Waals surface area contributed by atoms with E-state index in [-0.39, 0.29) is 4.90 Å². The Hall–Kier alpha value is -1.89. The second kappa shape index (κ2) is 7.78. The lowest BCUT2D eigenvalue weighted by molar-refractivity contribution is -0.152. The Bertz CT molecular complexity index is 868. The van der Waals surface area contributed by atoms with Crippen LogP contribution in [0.15, 0.2) is 59.5 Å². The number of hydrogen-bond donors (Lipinski definition) is 0. The van der Waals surface area contributed by atoms with E-state index in [0.29, 0.717) is 24.4 Å². The highest BCUT2D eigenvalue weighted by molar-refractivity contribution is 7.89. The molecule has 2 atom stereocenters. The normalized spacial score (nSPS) is 19.2. The van der Waals surface area contributed by atoms with Gasteiger partial charge >= 0.3 is 5.97 Å². The van der Waals surface area contributed by atoms with Crippen molar-refractivity contribution >= 4 is 27.6 Å². The highest BCUT2D eigenvalue weighted by Crippen LogP contribution is 2.29. The molecule has 1 heterocycles. The fraction of sp³-hybridized carbons (Fsp3) is 0.316. The van der Waals surface area contributed by atoms with Crippen molar-refractivity contribution in [3.05, 3.63) is 65.2 Å². The van der Waals surface area contributed by atoms with Crippen LogP contribution in [0.5, 0.6) is 0 Å². The van der Waals surface area contributed by atoms with Crippen molar-refractivity contribution in [3.8, 4) is 0 Å². The molecule has 0 saturated carbocycles. The van der Waals surface area contributed by atoms with Crippen LogP contribution in [0.3, 0.4) is 0 Å². The van der Waals surface area contributed by atoms with Crippen LogP contribution in [0.25, 0.3) is 0 Å². The largest absolute Gasteiger partial charge is 0.457 e. The van der Waals surface area contributed by atoms with Crippen LogP contribution in [-0.4, -0.2) is 31.3 Å². The molecule has 0 N–H and O–H groups in total. The zero-order valence-electron chi connectivity index (χ0n) is 14.3. The third-order valence-corrected chi connectivity index (χ3v) is 6.63. The van der Waals surface area contributed by atoms with Crippen molar-refractivity contribution in [2.45, 2.75) is 36.8 Å². The molecule has 1 fully saturated rings. The summed E-state index contributed by atoms with van der Waals surface area (Å²) < 4.78 is 32.5. The maximum atomic E-state index is 12.9. The van der Waals surface area contributed by atoms with Crippen LogP contribution in [0.4, 0.5) is 0 Å². The van der Waals surface area contributed by atoms with Gasteiger partial charge < -0.3 is 4.74 Å². The third-order valence-electron chi connectivity index (χ3n) is 4.46. The average molecular weight is 394 g/mol. The molecule has 0 unspecified atom stereocenters. The number of carbonyl (C=O) groups excluding carboxylic acids is 1. The quantitative estimate of drug-likeness (QED) is 0.725. The molecule has 3 rings (SSSR count). The minimum Gasteiger partial charge on any atom is -0.457 e. The van der Waals surface area contributed by atoms with Crippen molar-refractivity contribution in [2.75, 3.05) is 6.54 Å². The monoisotopic (exact) mass is 393 g/mol. The molecule has 0 spiro atoms. The zero-order valence-corrected chi connectivity index (χ0v) is 15.9. The summed E-state index contributed by atoms with van der Waals surface area (Å²) >= 11 is 5.83. The Balaban J connectivity index is 1.77. The van der Waals surface area contributed by atoms with Crippen LogP contribution in [-0.2, 0) is 19.6 Å². The molecule has 2 aromatic carbocycles. The summed E-state index contributed by atoms with van der Waals surface area (Å²) in [5.74, 6) is -0.517. The lowest BCUT2D eigenvalue weighted by atomic mass is 10.1. The van der Waals surface area contributed by atoms with E-state index in [9.17, 15) is 13.2 Å². The number of hydrogen-bond acceptors (Lipinski definition) is 4. The smallest absolute Gasteiger partial charge is 0.325 e. The van der Waals surface area contributed by atoms with Gasteiger partial charge in [-0.3, -0.25) is 4.79 Å². The van der Waals surface area contributed by atoms with E-state index in [0.717, 1.165) is 5.56 Å². The van der Waals surface area contributed by atoms with Gasteiger partial charge in [0.2, 0.25) is 10.0 Å². The average Bonchev–Trinajstić information content (AvgIpc) is 3.13. The third kappa shape index (κ3) is 3.92. The minimum absolute atomic E-state index is 0.123. The van der Waals surface area contributed by atoms with E-state index >= 15 is 0 Å². The Morgan fingerprint density at radius 1 is 1.15 bits per heavy atom. The van der Waals surface area contributed by atoms with Crippen molar-refractivity contribution in [1.82, 2.24) is 4.31 Å². The number of esters is 1. The summed E-state index contributed by atoms with van der Waals surface area (Å²) in [6, 6.07) is 14.5. The summed E-state index contributed by atoms with van der Waals surface area (Å²) in [6.45, 7) is 2.07. The lowest BCUT2D eigenvalue weighted by Gasteiger charge is -2.24. The Morgan fingerprint density at radius 2 is 1.81 bits per heavy atom. The first-order chi connectivity index (χ1) is 12.4. The highest BCUT2D eigenvalue weighted by Gasteiger charge is 2.40. The first kappa shape index (κ1) is 18.9. The van der Waals surface area contributed by atoms with E-state index in [1.807, 2.05) is 30.3 Å². The molecule has 1 aliphatic rings. The predicted octanol–water partition coefficient (Wildman–Crippen LogP) is 3.80.